The highest BCUT2D eigenvalue weighted by molar-refractivity contribution is 4.97. The Kier molecular flexibility index (Phi) is 3.66. The van der Waals surface area contributed by atoms with Crippen LogP contribution in [-0.2, 0) is 6.42 Å². The zero-order valence-corrected chi connectivity index (χ0v) is 9.26. The second-order valence-electron chi connectivity index (χ2n) is 4.21. The van der Waals surface area contributed by atoms with Crippen LogP contribution in [0.1, 0.15) is 36.9 Å². The van der Waals surface area contributed by atoms with Crippen LogP contribution in [0.25, 0.3) is 0 Å². The largest absolute Gasteiger partial charge is 0.389 e. The Hall–Kier alpha value is -1.11. The third kappa shape index (κ3) is 3.69. The summed E-state index contributed by atoms with van der Waals surface area (Å²) in [5, 5.41) is 6.77. The highest BCUT2D eigenvalue weighted by Gasteiger charge is 2.28. The fourth-order valence-electron chi connectivity index (χ4n) is 1.85. The van der Waals surface area contributed by atoms with Gasteiger partial charge in [-0.1, -0.05) is 5.16 Å². The number of alkyl halides is 3. The van der Waals surface area contributed by atoms with Gasteiger partial charge < -0.3 is 9.84 Å². The minimum absolute atomic E-state index is 0.135. The normalized spacial score (nSPS) is 21.7. The number of hydrogen-bond acceptors (Lipinski definition) is 4. The summed E-state index contributed by atoms with van der Waals surface area (Å²) < 4.78 is 41.0. The van der Waals surface area contributed by atoms with E-state index in [0.29, 0.717) is 5.89 Å². The number of halogens is 3. The first-order chi connectivity index (χ1) is 8.04. The zero-order chi connectivity index (χ0) is 12.3. The molecule has 2 heterocycles. The van der Waals surface area contributed by atoms with Gasteiger partial charge in [0, 0.05) is 13.0 Å². The Morgan fingerprint density at radius 2 is 2.24 bits per heavy atom. The summed E-state index contributed by atoms with van der Waals surface area (Å²) in [7, 11) is 0. The molecule has 17 heavy (non-hydrogen) atoms. The molecule has 0 saturated carbocycles. The Morgan fingerprint density at radius 3 is 2.88 bits per heavy atom. The van der Waals surface area contributed by atoms with Gasteiger partial charge in [-0.05, 0) is 19.4 Å². The van der Waals surface area contributed by atoms with E-state index in [9.17, 15) is 13.2 Å². The van der Waals surface area contributed by atoms with E-state index in [2.05, 4.69) is 15.5 Å². The van der Waals surface area contributed by atoms with Crippen LogP contribution in [-0.4, -0.2) is 29.4 Å². The second-order valence-corrected chi connectivity index (χ2v) is 4.21. The lowest BCUT2D eigenvalue weighted by molar-refractivity contribution is -0.134. The molecule has 0 amide bonds. The molecule has 1 aliphatic heterocycles. The van der Waals surface area contributed by atoms with Gasteiger partial charge in [0.25, 0.3) is 0 Å². The molecule has 7 heteroatoms. The summed E-state index contributed by atoms with van der Waals surface area (Å²) in [5.74, 6) is 0.730. The highest BCUT2D eigenvalue weighted by Crippen LogP contribution is 2.24. The van der Waals surface area contributed by atoms with E-state index in [0.717, 1.165) is 25.9 Å². The van der Waals surface area contributed by atoms with Gasteiger partial charge in [0.15, 0.2) is 5.82 Å². The predicted molar refractivity (Wildman–Crippen MR) is 53.5 cm³/mol. The average molecular weight is 249 g/mol. The van der Waals surface area contributed by atoms with Crippen molar-refractivity contribution in [2.24, 2.45) is 0 Å². The molecular weight excluding hydrogens is 235 g/mol. The van der Waals surface area contributed by atoms with E-state index in [1.54, 1.807) is 0 Å². The third-order valence-corrected chi connectivity index (χ3v) is 2.76. The van der Waals surface area contributed by atoms with E-state index < -0.39 is 12.6 Å². The van der Waals surface area contributed by atoms with Crippen LogP contribution in [0, 0.1) is 0 Å². The van der Waals surface area contributed by atoms with E-state index in [1.165, 1.54) is 0 Å². The first kappa shape index (κ1) is 12.3. The fraction of sp³-hybridized carbons (Fsp3) is 0.800. The molecule has 2 rings (SSSR count). The van der Waals surface area contributed by atoms with Gasteiger partial charge in [-0.25, -0.2) is 0 Å². The Labute approximate surface area is 96.6 Å². The molecule has 4 nitrogen and oxygen atoms in total. The first-order valence-corrected chi connectivity index (χ1v) is 5.64. The summed E-state index contributed by atoms with van der Waals surface area (Å²) in [4.78, 5) is 4.02. The van der Waals surface area contributed by atoms with Gasteiger partial charge in [0.2, 0.25) is 5.89 Å². The quantitative estimate of drug-likeness (QED) is 0.890. The van der Waals surface area contributed by atoms with Crippen molar-refractivity contribution in [3.63, 3.8) is 0 Å². The molecule has 1 aliphatic rings. The topological polar surface area (TPSA) is 51.0 Å². The molecule has 0 aromatic carbocycles. The van der Waals surface area contributed by atoms with Crippen molar-refractivity contribution in [2.75, 3.05) is 13.1 Å². The van der Waals surface area contributed by atoms with Crippen LogP contribution in [0.5, 0.6) is 0 Å². The van der Waals surface area contributed by atoms with Crippen LogP contribution >= 0.6 is 0 Å². The van der Waals surface area contributed by atoms with Gasteiger partial charge in [0.05, 0.1) is 12.3 Å². The summed E-state index contributed by atoms with van der Waals surface area (Å²) >= 11 is 0. The maximum absolute atomic E-state index is 12.0. The standard InChI is InChI=1S/C10H14F3N3O/c11-10(12,13)4-3-8-15-9(17-16-8)7-2-1-5-14-6-7/h7,14H,1-6H2/t7-/m0/s1. The van der Waals surface area contributed by atoms with Crippen LogP contribution in [0.4, 0.5) is 13.2 Å². The van der Waals surface area contributed by atoms with Crippen molar-refractivity contribution < 1.29 is 17.7 Å². The Morgan fingerprint density at radius 1 is 1.41 bits per heavy atom. The van der Waals surface area contributed by atoms with Crippen molar-refractivity contribution in [3.8, 4) is 0 Å². The van der Waals surface area contributed by atoms with E-state index in [4.69, 9.17) is 4.52 Å². The SMILES string of the molecule is FC(F)(F)CCc1noc([C@H]2CCCNC2)n1. The zero-order valence-electron chi connectivity index (χ0n) is 9.26. The van der Waals surface area contributed by atoms with E-state index >= 15 is 0 Å². The molecule has 0 unspecified atom stereocenters. The van der Waals surface area contributed by atoms with Gasteiger partial charge >= 0.3 is 6.18 Å². The minimum atomic E-state index is -4.17. The Bertz CT molecular complexity index is 358. The van der Waals surface area contributed by atoms with Crippen LogP contribution in [0.3, 0.4) is 0 Å². The average Bonchev–Trinajstić information content (AvgIpc) is 2.75. The van der Waals surface area contributed by atoms with Crippen LogP contribution < -0.4 is 5.32 Å². The van der Waals surface area contributed by atoms with Gasteiger partial charge in [-0.15, -0.1) is 0 Å². The van der Waals surface area contributed by atoms with Crippen molar-refractivity contribution in [1.82, 2.24) is 15.5 Å². The van der Waals surface area contributed by atoms with Gasteiger partial charge in [-0.3, -0.25) is 0 Å². The maximum Gasteiger partial charge on any atom is 0.389 e. The number of aryl methyl sites for hydroxylation is 1. The summed E-state index contributed by atoms with van der Waals surface area (Å²) in [6, 6.07) is 0. The molecule has 1 N–H and O–H groups in total. The van der Waals surface area contributed by atoms with Gasteiger partial charge in [-0.2, -0.15) is 18.2 Å². The molecule has 0 spiro atoms. The number of piperidine rings is 1. The van der Waals surface area contributed by atoms with E-state index in [1.807, 2.05) is 0 Å². The molecule has 0 bridgehead atoms. The number of hydrogen-bond donors (Lipinski definition) is 1. The molecule has 0 aliphatic carbocycles. The summed E-state index contributed by atoms with van der Waals surface area (Å²) in [6.07, 6.45) is -3.34. The summed E-state index contributed by atoms with van der Waals surface area (Å²) in [6.45, 7) is 1.71. The van der Waals surface area contributed by atoms with Crippen LogP contribution in [0.2, 0.25) is 0 Å². The minimum Gasteiger partial charge on any atom is -0.339 e. The summed E-state index contributed by atoms with van der Waals surface area (Å²) in [5.41, 5.74) is 0. The third-order valence-electron chi connectivity index (χ3n) is 2.76. The molecule has 1 fully saturated rings. The number of nitrogens with one attached hydrogen (secondary N) is 1. The van der Waals surface area contributed by atoms with Crippen molar-refractivity contribution in [2.45, 2.75) is 37.8 Å². The molecule has 96 valence electrons. The highest BCUT2D eigenvalue weighted by atomic mass is 19.4. The smallest absolute Gasteiger partial charge is 0.339 e. The number of nitrogens with zero attached hydrogens (tertiary/aromatic N) is 2. The fourth-order valence-corrected chi connectivity index (χ4v) is 1.85. The Balaban J connectivity index is 1.91. The number of rotatable bonds is 3. The van der Waals surface area contributed by atoms with Crippen LogP contribution in [0.15, 0.2) is 4.52 Å². The molecule has 1 aromatic heterocycles. The van der Waals surface area contributed by atoms with Crippen molar-refractivity contribution >= 4 is 0 Å². The first-order valence-electron chi connectivity index (χ1n) is 5.64. The molecule has 1 aromatic rings. The van der Waals surface area contributed by atoms with E-state index in [-0.39, 0.29) is 18.2 Å². The maximum atomic E-state index is 12.0. The monoisotopic (exact) mass is 249 g/mol. The molecule has 1 atom stereocenters. The predicted octanol–water partition coefficient (Wildman–Crippen LogP) is 2.03. The molecular formula is C10H14F3N3O. The molecule has 1 saturated heterocycles. The lowest BCUT2D eigenvalue weighted by atomic mass is 10.00. The molecule has 0 radical (unpaired) electrons. The lowest BCUT2D eigenvalue weighted by Gasteiger charge is -2.18. The second kappa shape index (κ2) is 5.03. The van der Waals surface area contributed by atoms with Crippen molar-refractivity contribution in [3.05, 3.63) is 11.7 Å². The lowest BCUT2D eigenvalue weighted by Crippen LogP contribution is -2.28. The number of aromatic nitrogens is 2. The van der Waals surface area contributed by atoms with Crippen molar-refractivity contribution in [1.29, 1.82) is 0 Å². The van der Waals surface area contributed by atoms with Gasteiger partial charge in [0.1, 0.15) is 0 Å².